The van der Waals surface area contributed by atoms with Crippen LogP contribution in [0.2, 0.25) is 0 Å². The number of hydrogen-bond donors (Lipinski definition) is 2. The van der Waals surface area contributed by atoms with Crippen LogP contribution in [0.5, 0.6) is 0 Å². The Balaban J connectivity index is 0.000000339. The van der Waals surface area contributed by atoms with Gasteiger partial charge in [-0.1, -0.05) is 24.6 Å². The molecule has 2 aliphatic rings. The van der Waals surface area contributed by atoms with E-state index in [-0.39, 0.29) is 6.04 Å². The Morgan fingerprint density at radius 1 is 1.19 bits per heavy atom. The summed E-state index contributed by atoms with van der Waals surface area (Å²) >= 11 is 0. The molecule has 1 saturated carbocycles. The first-order valence-corrected chi connectivity index (χ1v) is 11.2. The van der Waals surface area contributed by atoms with Crippen molar-refractivity contribution in [1.29, 1.82) is 0 Å². The van der Waals surface area contributed by atoms with Gasteiger partial charge in [0.2, 0.25) is 10.0 Å². The van der Waals surface area contributed by atoms with Crippen molar-refractivity contribution in [3.05, 3.63) is 48.3 Å². The number of hydrogen-bond acceptors (Lipinski definition) is 5. The average Bonchev–Trinajstić information content (AvgIpc) is 3.14. The van der Waals surface area contributed by atoms with E-state index in [2.05, 4.69) is 14.7 Å². The summed E-state index contributed by atoms with van der Waals surface area (Å²) in [5.41, 5.74) is 1.16. The molecule has 31 heavy (non-hydrogen) atoms. The van der Waals surface area contributed by atoms with Crippen molar-refractivity contribution in [1.82, 2.24) is 19.4 Å². The number of carbonyl (C=O) groups is 1. The number of nitrogens with one attached hydrogen (secondary N) is 1. The van der Waals surface area contributed by atoms with Crippen LogP contribution in [0.4, 0.5) is 13.2 Å². The van der Waals surface area contributed by atoms with Crippen LogP contribution in [0.3, 0.4) is 0 Å². The summed E-state index contributed by atoms with van der Waals surface area (Å²) in [5, 5.41) is 11.5. The minimum absolute atomic E-state index is 0.0304. The number of carboxylic acids is 1. The van der Waals surface area contributed by atoms with Crippen molar-refractivity contribution in [2.45, 2.75) is 49.0 Å². The minimum Gasteiger partial charge on any atom is -0.475 e. The number of rotatable bonds is 5. The van der Waals surface area contributed by atoms with Crippen LogP contribution in [0.15, 0.2) is 47.5 Å². The maximum absolute atomic E-state index is 12.5. The maximum Gasteiger partial charge on any atom is 0.490 e. The van der Waals surface area contributed by atoms with E-state index in [1.807, 2.05) is 16.8 Å². The zero-order chi connectivity index (χ0) is 22.6. The van der Waals surface area contributed by atoms with Gasteiger partial charge >= 0.3 is 12.1 Å². The molecule has 4 rings (SSSR count). The van der Waals surface area contributed by atoms with Crippen molar-refractivity contribution in [3.63, 3.8) is 0 Å². The second-order valence-corrected chi connectivity index (χ2v) is 9.17. The molecule has 1 aromatic carbocycles. The molecule has 1 aliphatic heterocycles. The summed E-state index contributed by atoms with van der Waals surface area (Å²) in [6, 6.07) is 11.2. The largest absolute Gasteiger partial charge is 0.490 e. The van der Waals surface area contributed by atoms with Gasteiger partial charge in [0.15, 0.2) is 0 Å². The Labute approximate surface area is 177 Å². The van der Waals surface area contributed by atoms with E-state index >= 15 is 0 Å². The first-order valence-electron chi connectivity index (χ1n) is 9.69. The number of fused-ring (bicyclic) bond motifs is 1. The molecule has 170 valence electrons. The van der Waals surface area contributed by atoms with Gasteiger partial charge in [0.05, 0.1) is 16.6 Å². The Morgan fingerprint density at radius 2 is 1.84 bits per heavy atom. The van der Waals surface area contributed by atoms with Crippen LogP contribution in [-0.4, -0.2) is 59.5 Å². The van der Waals surface area contributed by atoms with E-state index in [9.17, 15) is 21.6 Å². The van der Waals surface area contributed by atoms with Gasteiger partial charge in [0.25, 0.3) is 0 Å². The van der Waals surface area contributed by atoms with Gasteiger partial charge in [0.1, 0.15) is 0 Å². The number of benzene rings is 1. The number of nitrogens with zero attached hydrogens (tertiary/aromatic N) is 3. The Hall–Kier alpha value is -2.44. The highest BCUT2D eigenvalue weighted by Crippen LogP contribution is 2.30. The summed E-state index contributed by atoms with van der Waals surface area (Å²) in [7, 11) is -3.48. The summed E-state index contributed by atoms with van der Waals surface area (Å²) in [4.78, 5) is 11.7. The summed E-state index contributed by atoms with van der Waals surface area (Å²) in [6.07, 6.45) is 0.511. The molecule has 1 fully saturated rings. The number of halogens is 3. The summed E-state index contributed by atoms with van der Waals surface area (Å²) in [6.45, 7) is 2.11. The number of carboxylic acid groups (broad SMARTS) is 1. The molecule has 1 unspecified atom stereocenters. The van der Waals surface area contributed by atoms with Gasteiger partial charge in [-0.15, -0.1) is 0 Å². The van der Waals surface area contributed by atoms with Crippen LogP contribution in [-0.2, 0) is 21.4 Å². The standard InChI is InChI=1S/C17H22N4O2S.C2HF3O2/c22-24(23,17-7-2-1-3-8-17)19-11-16-13-20(14-5-4-6-14)12-15-9-10-18-21(15)16;3-2(4,5)1(6)7/h1-3,7-10,14,16,19H,4-6,11-13H2;(H,6,7). The molecule has 8 nitrogen and oxygen atoms in total. The van der Waals surface area contributed by atoms with Crippen molar-refractivity contribution < 1.29 is 31.5 Å². The average molecular weight is 460 g/mol. The van der Waals surface area contributed by atoms with Gasteiger partial charge < -0.3 is 5.11 Å². The van der Waals surface area contributed by atoms with E-state index < -0.39 is 22.2 Å². The third-order valence-electron chi connectivity index (χ3n) is 5.30. The number of aromatic nitrogens is 2. The lowest BCUT2D eigenvalue weighted by Gasteiger charge is -2.42. The van der Waals surface area contributed by atoms with Crippen LogP contribution in [0.1, 0.15) is 31.0 Å². The van der Waals surface area contributed by atoms with Crippen molar-refractivity contribution in [2.24, 2.45) is 0 Å². The van der Waals surface area contributed by atoms with Crippen molar-refractivity contribution in [3.8, 4) is 0 Å². The second kappa shape index (κ2) is 9.37. The minimum atomic E-state index is -5.08. The van der Waals surface area contributed by atoms with Gasteiger partial charge in [-0.25, -0.2) is 17.9 Å². The second-order valence-electron chi connectivity index (χ2n) is 7.40. The topological polar surface area (TPSA) is 105 Å². The molecule has 2 aromatic rings. The lowest BCUT2D eigenvalue weighted by atomic mass is 9.90. The first-order chi connectivity index (χ1) is 14.6. The predicted molar refractivity (Wildman–Crippen MR) is 105 cm³/mol. The monoisotopic (exact) mass is 460 g/mol. The molecule has 1 aliphatic carbocycles. The molecule has 12 heteroatoms. The Morgan fingerprint density at radius 3 is 2.39 bits per heavy atom. The van der Waals surface area contributed by atoms with E-state index in [0.717, 1.165) is 18.8 Å². The lowest BCUT2D eigenvalue weighted by Crippen LogP contribution is -2.48. The van der Waals surface area contributed by atoms with Gasteiger partial charge in [-0.3, -0.25) is 9.58 Å². The SMILES string of the molecule is O=C(O)C(F)(F)F.O=S(=O)(NCC1CN(C2CCC2)Cc2ccnn21)c1ccccc1. The zero-order valence-corrected chi connectivity index (χ0v) is 17.3. The summed E-state index contributed by atoms with van der Waals surface area (Å²) < 4.78 is 61.4. The maximum atomic E-state index is 12.5. The predicted octanol–water partition coefficient (Wildman–Crippen LogP) is 2.40. The van der Waals surface area contributed by atoms with Crippen molar-refractivity contribution in [2.75, 3.05) is 13.1 Å². The molecule has 2 N–H and O–H groups in total. The van der Waals surface area contributed by atoms with Crippen LogP contribution < -0.4 is 4.72 Å². The third-order valence-corrected chi connectivity index (χ3v) is 6.74. The van der Waals surface area contributed by atoms with E-state index in [1.165, 1.54) is 19.3 Å². The number of alkyl halides is 3. The van der Waals surface area contributed by atoms with E-state index in [4.69, 9.17) is 9.90 Å². The molecular weight excluding hydrogens is 437 g/mol. The smallest absolute Gasteiger partial charge is 0.475 e. The molecule has 0 amide bonds. The van der Waals surface area contributed by atoms with Gasteiger partial charge in [-0.2, -0.15) is 18.3 Å². The van der Waals surface area contributed by atoms with Gasteiger partial charge in [-0.05, 0) is 31.0 Å². The van der Waals surface area contributed by atoms with Crippen LogP contribution in [0, 0.1) is 0 Å². The number of aliphatic carboxylic acids is 1. The van der Waals surface area contributed by atoms with Crippen LogP contribution in [0.25, 0.3) is 0 Å². The number of sulfonamides is 1. The zero-order valence-electron chi connectivity index (χ0n) is 16.5. The Kier molecular flexibility index (Phi) is 7.02. The lowest BCUT2D eigenvalue weighted by molar-refractivity contribution is -0.192. The molecule has 1 aromatic heterocycles. The molecule has 0 radical (unpaired) electrons. The highest BCUT2D eigenvalue weighted by Gasteiger charge is 2.38. The quantitative estimate of drug-likeness (QED) is 0.710. The molecule has 0 saturated heterocycles. The highest BCUT2D eigenvalue weighted by molar-refractivity contribution is 7.89. The molecular formula is C19H23F3N4O4S. The third kappa shape index (κ3) is 5.83. The fraction of sp³-hybridized carbons (Fsp3) is 0.474. The fourth-order valence-corrected chi connectivity index (χ4v) is 4.58. The van der Waals surface area contributed by atoms with Gasteiger partial charge in [0, 0.05) is 31.9 Å². The molecule has 2 heterocycles. The molecule has 0 bridgehead atoms. The van der Waals surface area contributed by atoms with E-state index in [1.54, 1.807) is 30.5 Å². The van der Waals surface area contributed by atoms with Crippen molar-refractivity contribution >= 4 is 16.0 Å². The normalized spacial score (nSPS) is 19.6. The van der Waals surface area contributed by atoms with E-state index in [0.29, 0.717) is 17.5 Å². The fourth-order valence-electron chi connectivity index (χ4n) is 3.49. The van der Waals surface area contributed by atoms with Crippen LogP contribution >= 0.6 is 0 Å². The highest BCUT2D eigenvalue weighted by atomic mass is 32.2. The Bertz CT molecular complexity index is 991. The molecule has 1 atom stereocenters. The first kappa shape index (κ1) is 23.2. The summed E-state index contributed by atoms with van der Waals surface area (Å²) in [5.74, 6) is -2.76. The molecule has 0 spiro atoms.